The molecule has 0 saturated carbocycles. The first-order valence-corrected chi connectivity index (χ1v) is 7.80. The Labute approximate surface area is 111 Å². The molecule has 1 aliphatic heterocycles. The van der Waals surface area contributed by atoms with Gasteiger partial charge >= 0.3 is 15.6 Å². The molecule has 1 fully saturated rings. The van der Waals surface area contributed by atoms with E-state index >= 15 is 0 Å². The van der Waals surface area contributed by atoms with Crippen molar-refractivity contribution in [3.8, 4) is 0 Å². The lowest BCUT2D eigenvalue weighted by Crippen LogP contribution is -2.27. The fraction of sp³-hybridized carbons (Fsp3) is 1.00. The van der Waals surface area contributed by atoms with Gasteiger partial charge in [0.1, 0.15) is 6.10 Å². The van der Waals surface area contributed by atoms with E-state index in [-0.39, 0.29) is 6.10 Å². The lowest BCUT2D eigenvalue weighted by Gasteiger charge is -2.06. The third-order valence-corrected chi connectivity index (χ3v) is 3.96. The molecule has 0 amide bonds. The minimum Gasteiger partial charge on any atom is -0.367 e. The Morgan fingerprint density at radius 3 is 2.32 bits per heavy atom. The molecule has 1 saturated heterocycles. The lowest BCUT2D eigenvalue weighted by molar-refractivity contribution is -0.0544. The van der Waals surface area contributed by atoms with Crippen molar-refractivity contribution in [1.82, 2.24) is 0 Å². The van der Waals surface area contributed by atoms with E-state index in [0.717, 1.165) is 32.1 Å². The van der Waals surface area contributed by atoms with Gasteiger partial charge in [0.15, 0.2) is 0 Å². The summed E-state index contributed by atoms with van der Waals surface area (Å²) in [6.07, 6.45) is 5.49. The SMILES string of the molecule is CCCCCCC[C@@H]1O[C@@H]1COS(=O)(=O)C(F)(F)F. The molecule has 19 heavy (non-hydrogen) atoms. The highest BCUT2D eigenvalue weighted by Gasteiger charge is 2.49. The first-order chi connectivity index (χ1) is 8.78. The second kappa shape index (κ2) is 6.90. The van der Waals surface area contributed by atoms with E-state index in [4.69, 9.17) is 4.74 Å². The van der Waals surface area contributed by atoms with E-state index in [1.807, 2.05) is 0 Å². The number of hydrogen-bond acceptors (Lipinski definition) is 4. The molecule has 4 nitrogen and oxygen atoms in total. The largest absolute Gasteiger partial charge is 0.523 e. The molecule has 1 rings (SSSR count). The number of epoxide rings is 1. The van der Waals surface area contributed by atoms with Gasteiger partial charge in [-0.05, 0) is 6.42 Å². The van der Waals surface area contributed by atoms with Crippen molar-refractivity contribution in [3.63, 3.8) is 0 Å². The molecular weight excluding hydrogens is 285 g/mol. The van der Waals surface area contributed by atoms with Crippen molar-refractivity contribution in [2.24, 2.45) is 0 Å². The van der Waals surface area contributed by atoms with Gasteiger partial charge in [0, 0.05) is 0 Å². The summed E-state index contributed by atoms with van der Waals surface area (Å²) in [6, 6.07) is 0. The van der Waals surface area contributed by atoms with E-state index in [1.54, 1.807) is 0 Å². The normalized spacial score (nSPS) is 23.6. The van der Waals surface area contributed by atoms with Crippen LogP contribution in [-0.2, 0) is 19.0 Å². The number of alkyl halides is 3. The number of hydrogen-bond donors (Lipinski definition) is 0. The van der Waals surface area contributed by atoms with Gasteiger partial charge in [-0.25, -0.2) is 0 Å². The third-order valence-electron chi connectivity index (χ3n) is 2.95. The van der Waals surface area contributed by atoms with E-state index < -0.39 is 28.3 Å². The van der Waals surface area contributed by atoms with Crippen molar-refractivity contribution >= 4 is 10.1 Å². The van der Waals surface area contributed by atoms with Crippen molar-refractivity contribution in [2.75, 3.05) is 6.61 Å². The summed E-state index contributed by atoms with van der Waals surface area (Å²) in [5, 5.41) is 0. The average molecular weight is 304 g/mol. The van der Waals surface area contributed by atoms with E-state index in [1.165, 1.54) is 6.42 Å². The molecule has 0 aliphatic carbocycles. The molecule has 114 valence electrons. The summed E-state index contributed by atoms with van der Waals surface area (Å²) in [5.41, 5.74) is -5.36. The Morgan fingerprint density at radius 1 is 1.11 bits per heavy atom. The van der Waals surface area contributed by atoms with Crippen LogP contribution in [0.1, 0.15) is 45.4 Å². The van der Waals surface area contributed by atoms with Gasteiger partial charge in [-0.2, -0.15) is 21.6 Å². The average Bonchev–Trinajstić information content (AvgIpc) is 3.04. The van der Waals surface area contributed by atoms with Crippen LogP contribution in [0.3, 0.4) is 0 Å². The van der Waals surface area contributed by atoms with Gasteiger partial charge in [-0.15, -0.1) is 0 Å². The summed E-state index contributed by atoms with van der Waals surface area (Å²) in [4.78, 5) is 0. The summed E-state index contributed by atoms with van der Waals surface area (Å²) in [7, 11) is -5.49. The van der Waals surface area contributed by atoms with Crippen LogP contribution in [0.15, 0.2) is 0 Å². The highest BCUT2D eigenvalue weighted by atomic mass is 32.2. The van der Waals surface area contributed by atoms with Crippen LogP contribution in [0.2, 0.25) is 0 Å². The van der Waals surface area contributed by atoms with Crippen LogP contribution in [0.4, 0.5) is 13.2 Å². The molecule has 0 aromatic heterocycles. The smallest absolute Gasteiger partial charge is 0.367 e. The number of unbranched alkanes of at least 4 members (excludes halogenated alkanes) is 4. The molecule has 0 radical (unpaired) electrons. The predicted molar refractivity (Wildman–Crippen MR) is 63.0 cm³/mol. The Balaban J connectivity index is 2.11. The minimum atomic E-state index is -5.49. The van der Waals surface area contributed by atoms with E-state index in [2.05, 4.69) is 11.1 Å². The lowest BCUT2D eigenvalue weighted by atomic mass is 10.1. The fourth-order valence-corrected chi connectivity index (χ4v) is 2.20. The molecule has 8 heteroatoms. The number of halogens is 3. The first-order valence-electron chi connectivity index (χ1n) is 6.39. The second-order valence-electron chi connectivity index (χ2n) is 4.60. The van der Waals surface area contributed by atoms with Crippen molar-refractivity contribution < 1.29 is 30.5 Å². The molecule has 0 aromatic carbocycles. The Bertz CT molecular complexity index is 367. The highest BCUT2D eigenvalue weighted by molar-refractivity contribution is 7.87. The maximum absolute atomic E-state index is 12.0. The summed E-state index contributed by atoms with van der Waals surface area (Å²) in [6.45, 7) is 1.56. The van der Waals surface area contributed by atoms with E-state index in [9.17, 15) is 21.6 Å². The van der Waals surface area contributed by atoms with Gasteiger partial charge < -0.3 is 4.74 Å². The summed E-state index contributed by atoms with van der Waals surface area (Å²) >= 11 is 0. The van der Waals surface area contributed by atoms with Gasteiger partial charge in [0.05, 0.1) is 12.7 Å². The van der Waals surface area contributed by atoms with Crippen molar-refractivity contribution in [3.05, 3.63) is 0 Å². The Hall–Kier alpha value is -0.340. The van der Waals surface area contributed by atoms with Gasteiger partial charge in [-0.1, -0.05) is 39.0 Å². The topological polar surface area (TPSA) is 55.9 Å². The van der Waals surface area contributed by atoms with Crippen LogP contribution in [0, 0.1) is 0 Å². The van der Waals surface area contributed by atoms with Crippen molar-refractivity contribution in [1.29, 1.82) is 0 Å². The standard InChI is InChI=1S/C11H19F3O4S/c1-2-3-4-5-6-7-9-10(18-9)8-17-19(15,16)11(12,13)14/h9-10H,2-8H2,1H3/t9-,10+/m0/s1. The van der Waals surface area contributed by atoms with Crippen molar-refractivity contribution in [2.45, 2.75) is 63.2 Å². The summed E-state index contributed by atoms with van der Waals surface area (Å²) in [5.74, 6) is 0. The molecule has 0 unspecified atom stereocenters. The second-order valence-corrected chi connectivity index (χ2v) is 6.21. The van der Waals surface area contributed by atoms with Gasteiger partial charge in [0.2, 0.25) is 0 Å². The Kier molecular flexibility index (Phi) is 6.07. The zero-order valence-corrected chi connectivity index (χ0v) is 11.6. The molecule has 1 aliphatic rings. The summed E-state index contributed by atoms with van der Waals surface area (Å²) < 4.78 is 66.1. The first kappa shape index (κ1) is 16.7. The number of ether oxygens (including phenoxy) is 1. The third kappa shape index (κ3) is 5.66. The zero-order valence-electron chi connectivity index (χ0n) is 10.8. The maximum atomic E-state index is 12.0. The van der Waals surface area contributed by atoms with Crippen LogP contribution in [-0.4, -0.2) is 32.7 Å². The maximum Gasteiger partial charge on any atom is 0.523 e. The quantitative estimate of drug-likeness (QED) is 0.284. The zero-order chi connectivity index (χ0) is 14.5. The van der Waals surface area contributed by atoms with Crippen LogP contribution < -0.4 is 0 Å². The van der Waals surface area contributed by atoms with Gasteiger partial charge in [0.25, 0.3) is 0 Å². The molecule has 0 aromatic rings. The molecule has 2 atom stereocenters. The molecule has 0 N–H and O–H groups in total. The molecule has 0 spiro atoms. The van der Waals surface area contributed by atoms with E-state index in [0.29, 0.717) is 0 Å². The molecule has 1 heterocycles. The Morgan fingerprint density at radius 2 is 1.74 bits per heavy atom. The minimum absolute atomic E-state index is 0.162. The number of rotatable bonds is 9. The fourth-order valence-electron chi connectivity index (χ4n) is 1.75. The predicted octanol–water partition coefficient (Wildman–Crippen LogP) is 2.98. The molecular formula is C11H19F3O4S. The van der Waals surface area contributed by atoms with Crippen LogP contribution >= 0.6 is 0 Å². The van der Waals surface area contributed by atoms with Crippen LogP contribution in [0.5, 0.6) is 0 Å². The van der Waals surface area contributed by atoms with Crippen LogP contribution in [0.25, 0.3) is 0 Å². The monoisotopic (exact) mass is 304 g/mol. The molecule has 0 bridgehead atoms. The highest BCUT2D eigenvalue weighted by Crippen LogP contribution is 2.30. The van der Waals surface area contributed by atoms with Gasteiger partial charge in [-0.3, -0.25) is 4.18 Å².